The van der Waals surface area contributed by atoms with Crippen LogP contribution in [-0.2, 0) is 20.8 Å². The van der Waals surface area contributed by atoms with Gasteiger partial charge in [0.05, 0.1) is 12.2 Å². The third kappa shape index (κ3) is 8.00. The normalized spacial score (nSPS) is 15.5. The Morgan fingerprint density at radius 1 is 1.05 bits per heavy atom. The first-order chi connectivity index (χ1) is 19.9. The number of amides is 1. The van der Waals surface area contributed by atoms with E-state index in [4.69, 9.17) is 18.9 Å². The number of hydrogen-bond donors (Lipinski definition) is 1. The Hall–Kier alpha value is -3.60. The summed E-state index contributed by atoms with van der Waals surface area (Å²) in [5.74, 6) is 1.40. The predicted molar refractivity (Wildman–Crippen MR) is 157 cm³/mol. The quantitative estimate of drug-likeness (QED) is 0.214. The van der Waals surface area contributed by atoms with Crippen LogP contribution in [0.25, 0.3) is 17.0 Å². The fraction of sp³-hybridized carbons (Fsp3) is 0.387. The fourth-order valence-electron chi connectivity index (χ4n) is 4.42. The van der Waals surface area contributed by atoms with Crippen molar-refractivity contribution in [2.45, 2.75) is 68.3 Å². The second-order valence-electron chi connectivity index (χ2n) is 10.7. The van der Waals surface area contributed by atoms with Crippen LogP contribution >= 0.6 is 11.8 Å². The van der Waals surface area contributed by atoms with E-state index in [0.717, 1.165) is 52.4 Å². The number of carbonyl (C=O) groups excluding carboxylic acids is 1. The van der Waals surface area contributed by atoms with Crippen molar-refractivity contribution >= 4 is 23.5 Å². The van der Waals surface area contributed by atoms with E-state index in [1.165, 1.54) is 0 Å². The van der Waals surface area contributed by atoms with Crippen molar-refractivity contribution in [2.75, 3.05) is 19.8 Å². The van der Waals surface area contributed by atoms with Crippen molar-refractivity contribution < 1.29 is 23.7 Å². The van der Waals surface area contributed by atoms with Gasteiger partial charge in [-0.2, -0.15) is 0 Å². The number of rotatable bonds is 10. The highest BCUT2D eigenvalue weighted by Gasteiger charge is 2.18. The van der Waals surface area contributed by atoms with Crippen LogP contribution < -0.4 is 10.1 Å². The fourth-order valence-corrected chi connectivity index (χ4v) is 5.39. The van der Waals surface area contributed by atoms with Gasteiger partial charge in [-0.05, 0) is 75.9 Å². The summed E-state index contributed by atoms with van der Waals surface area (Å²) in [5, 5.41) is 11.7. The number of pyridine rings is 1. The number of alkyl carbamates (subject to hydrolysis) is 1. The number of hydrogen-bond acceptors (Lipinski definition) is 8. The minimum atomic E-state index is -0.550. The number of fused-ring (bicyclic) bond motifs is 1. The van der Waals surface area contributed by atoms with Gasteiger partial charge < -0.3 is 24.3 Å². The number of carbonyl (C=O) groups is 1. The minimum Gasteiger partial charge on any atom is -0.490 e. The minimum absolute atomic E-state index is 0.142. The van der Waals surface area contributed by atoms with Gasteiger partial charge in [0.1, 0.15) is 18.0 Å². The van der Waals surface area contributed by atoms with Crippen molar-refractivity contribution in [3.8, 4) is 17.1 Å². The van der Waals surface area contributed by atoms with Gasteiger partial charge in [-0.15, -0.1) is 10.2 Å². The van der Waals surface area contributed by atoms with E-state index in [2.05, 4.69) is 15.5 Å². The molecule has 1 aliphatic heterocycles. The molecule has 41 heavy (non-hydrogen) atoms. The van der Waals surface area contributed by atoms with Crippen LogP contribution in [0.1, 0.15) is 45.6 Å². The van der Waals surface area contributed by atoms with Crippen molar-refractivity contribution in [3.05, 3.63) is 72.4 Å². The van der Waals surface area contributed by atoms with Gasteiger partial charge in [-0.1, -0.05) is 42.1 Å². The zero-order chi connectivity index (χ0) is 28.7. The molecular formula is C31H36N4O5S. The highest BCUT2D eigenvalue weighted by molar-refractivity contribution is 7.99. The first-order valence-electron chi connectivity index (χ1n) is 13.9. The Bertz CT molecular complexity index is 1460. The van der Waals surface area contributed by atoms with Gasteiger partial charge in [0.15, 0.2) is 17.8 Å². The number of aromatic nitrogens is 3. The molecule has 1 aliphatic rings. The molecule has 10 heteroatoms. The van der Waals surface area contributed by atoms with Gasteiger partial charge in [-0.25, -0.2) is 4.79 Å². The summed E-state index contributed by atoms with van der Waals surface area (Å²) in [6.07, 6.45) is 4.58. The average Bonchev–Trinajstić information content (AvgIpc) is 3.38. The Balaban J connectivity index is 1.29. The molecule has 5 rings (SSSR count). The molecule has 3 heterocycles. The maximum absolute atomic E-state index is 12.2. The number of benzene rings is 2. The van der Waals surface area contributed by atoms with E-state index in [0.29, 0.717) is 31.3 Å². The SMILES string of the molecule is CC(C)(C)OC(=O)NCc1ccccc1Sc1ccc2nnc(-c3ccccc3OCCOC3CCCCO3)n2c1. The third-order valence-corrected chi connectivity index (χ3v) is 7.40. The van der Waals surface area contributed by atoms with Gasteiger partial charge >= 0.3 is 6.09 Å². The molecule has 216 valence electrons. The van der Waals surface area contributed by atoms with Crippen LogP contribution in [0.4, 0.5) is 4.79 Å². The molecule has 1 saturated heterocycles. The van der Waals surface area contributed by atoms with Gasteiger partial charge in [0.2, 0.25) is 0 Å². The maximum atomic E-state index is 12.2. The van der Waals surface area contributed by atoms with Crippen LogP contribution in [0.3, 0.4) is 0 Å². The Morgan fingerprint density at radius 3 is 2.71 bits per heavy atom. The van der Waals surface area contributed by atoms with Crippen LogP contribution in [0.5, 0.6) is 5.75 Å². The maximum Gasteiger partial charge on any atom is 0.407 e. The van der Waals surface area contributed by atoms with Crippen molar-refractivity contribution in [3.63, 3.8) is 0 Å². The summed E-state index contributed by atoms with van der Waals surface area (Å²) in [6, 6.07) is 19.8. The molecule has 0 spiro atoms. The lowest BCUT2D eigenvalue weighted by atomic mass is 10.2. The first kappa shape index (κ1) is 28.9. The predicted octanol–water partition coefficient (Wildman–Crippen LogP) is 6.49. The summed E-state index contributed by atoms with van der Waals surface area (Å²) >= 11 is 1.61. The van der Waals surface area contributed by atoms with Gasteiger partial charge in [0.25, 0.3) is 0 Å². The molecule has 1 unspecified atom stereocenters. The molecule has 2 aromatic carbocycles. The van der Waals surface area contributed by atoms with Crippen LogP contribution in [0.15, 0.2) is 76.7 Å². The van der Waals surface area contributed by atoms with Crippen molar-refractivity contribution in [2.24, 2.45) is 0 Å². The molecule has 2 aromatic heterocycles. The second-order valence-corrected chi connectivity index (χ2v) is 11.8. The highest BCUT2D eigenvalue weighted by Crippen LogP contribution is 2.33. The molecule has 0 aliphatic carbocycles. The second kappa shape index (κ2) is 13.4. The molecule has 4 aromatic rings. The third-order valence-electron chi connectivity index (χ3n) is 6.31. The summed E-state index contributed by atoms with van der Waals surface area (Å²) in [5.41, 5.74) is 2.02. The molecule has 1 fully saturated rings. The standard InChI is InChI=1S/C31H36N4O5S/c1-31(2,3)40-30(36)32-20-22-10-4-7-13-26(22)41-23-15-16-27-33-34-29(35(27)21-23)24-11-5-6-12-25(24)37-18-19-39-28-14-8-9-17-38-28/h4-7,10-13,15-16,21,28H,8-9,14,17-20H2,1-3H3,(H,32,36). The molecule has 0 saturated carbocycles. The van der Waals surface area contributed by atoms with E-state index in [9.17, 15) is 4.79 Å². The molecular weight excluding hydrogens is 540 g/mol. The lowest BCUT2D eigenvalue weighted by Gasteiger charge is -2.22. The number of nitrogens with zero attached hydrogens (tertiary/aromatic N) is 3. The van der Waals surface area contributed by atoms with E-state index >= 15 is 0 Å². The highest BCUT2D eigenvalue weighted by atomic mass is 32.2. The topological polar surface area (TPSA) is 96.2 Å². The molecule has 0 bridgehead atoms. The molecule has 9 nitrogen and oxygen atoms in total. The summed E-state index contributed by atoms with van der Waals surface area (Å²) in [6.45, 7) is 7.50. The van der Waals surface area contributed by atoms with Crippen molar-refractivity contribution in [1.82, 2.24) is 19.9 Å². The molecule has 0 radical (unpaired) electrons. The monoisotopic (exact) mass is 576 g/mol. The number of para-hydroxylation sites is 1. The summed E-state index contributed by atoms with van der Waals surface area (Å²) in [4.78, 5) is 14.2. The van der Waals surface area contributed by atoms with Gasteiger partial charge in [-0.3, -0.25) is 4.40 Å². The lowest BCUT2D eigenvalue weighted by Crippen LogP contribution is -2.32. The zero-order valence-electron chi connectivity index (χ0n) is 23.7. The Kier molecular flexibility index (Phi) is 9.43. The Labute approximate surface area is 244 Å². The van der Waals surface area contributed by atoms with Crippen LogP contribution in [0, 0.1) is 0 Å². The van der Waals surface area contributed by atoms with Crippen LogP contribution in [0.2, 0.25) is 0 Å². The molecule has 1 atom stereocenters. The number of nitrogens with one attached hydrogen (secondary N) is 1. The zero-order valence-corrected chi connectivity index (χ0v) is 24.5. The van der Waals surface area contributed by atoms with E-state index in [-0.39, 0.29) is 6.29 Å². The summed E-state index contributed by atoms with van der Waals surface area (Å²) in [7, 11) is 0. The van der Waals surface area contributed by atoms with E-state index in [1.807, 2.05) is 92.0 Å². The van der Waals surface area contributed by atoms with E-state index < -0.39 is 11.7 Å². The molecule has 1 amide bonds. The lowest BCUT2D eigenvalue weighted by molar-refractivity contribution is -0.165. The largest absolute Gasteiger partial charge is 0.490 e. The average molecular weight is 577 g/mol. The number of ether oxygens (including phenoxy) is 4. The van der Waals surface area contributed by atoms with Crippen LogP contribution in [-0.4, -0.2) is 52.4 Å². The molecule has 1 N–H and O–H groups in total. The summed E-state index contributed by atoms with van der Waals surface area (Å²) < 4.78 is 24.9. The smallest absolute Gasteiger partial charge is 0.407 e. The van der Waals surface area contributed by atoms with E-state index in [1.54, 1.807) is 11.8 Å². The first-order valence-corrected chi connectivity index (χ1v) is 14.7. The van der Waals surface area contributed by atoms with Gasteiger partial charge in [0, 0.05) is 29.1 Å². The Morgan fingerprint density at radius 2 is 1.88 bits per heavy atom. The van der Waals surface area contributed by atoms with Crippen molar-refractivity contribution in [1.29, 1.82) is 0 Å².